The van der Waals surface area contributed by atoms with Gasteiger partial charge in [-0.3, -0.25) is 4.98 Å². The van der Waals surface area contributed by atoms with Crippen molar-refractivity contribution in [2.75, 3.05) is 19.6 Å². The predicted molar refractivity (Wildman–Crippen MR) is 87.2 cm³/mol. The lowest BCUT2D eigenvalue weighted by molar-refractivity contribution is 0.301. The molecular formula is C16H21N3O2S. The van der Waals surface area contributed by atoms with E-state index < -0.39 is 10.0 Å². The molecule has 1 aromatic heterocycles. The molecule has 1 fully saturated rings. The van der Waals surface area contributed by atoms with Crippen molar-refractivity contribution in [2.45, 2.75) is 30.7 Å². The highest BCUT2D eigenvalue weighted by molar-refractivity contribution is 7.89. The average Bonchev–Trinajstić information content (AvgIpc) is 2.50. The molecule has 6 heteroatoms. The fourth-order valence-electron chi connectivity index (χ4n) is 2.87. The molecule has 2 heterocycles. The van der Waals surface area contributed by atoms with Crippen LogP contribution in [0.2, 0.25) is 0 Å². The zero-order valence-corrected chi connectivity index (χ0v) is 13.5. The Hall–Kier alpha value is -1.50. The van der Waals surface area contributed by atoms with Crippen molar-refractivity contribution in [1.29, 1.82) is 0 Å². The molecule has 118 valence electrons. The molecule has 0 aliphatic carbocycles. The summed E-state index contributed by atoms with van der Waals surface area (Å²) in [7, 11) is -3.47. The van der Waals surface area contributed by atoms with Gasteiger partial charge in [-0.2, -0.15) is 4.31 Å². The Kier molecular flexibility index (Phi) is 4.42. The van der Waals surface area contributed by atoms with Gasteiger partial charge in [0, 0.05) is 36.9 Å². The van der Waals surface area contributed by atoms with Crippen LogP contribution in [0.15, 0.2) is 41.6 Å². The third-order valence-electron chi connectivity index (χ3n) is 4.13. The van der Waals surface area contributed by atoms with Crippen LogP contribution in [0.25, 0.3) is 10.8 Å². The second-order valence-corrected chi connectivity index (χ2v) is 7.65. The van der Waals surface area contributed by atoms with E-state index in [4.69, 9.17) is 0 Å². The van der Waals surface area contributed by atoms with Crippen LogP contribution >= 0.6 is 0 Å². The summed E-state index contributed by atoms with van der Waals surface area (Å²) >= 11 is 0. The topological polar surface area (TPSA) is 62.3 Å². The van der Waals surface area contributed by atoms with Gasteiger partial charge in [-0.05, 0) is 49.9 Å². The zero-order chi connectivity index (χ0) is 15.6. The Bertz CT molecular complexity index is 761. The molecule has 3 rings (SSSR count). The molecule has 1 aliphatic rings. The summed E-state index contributed by atoms with van der Waals surface area (Å²) in [6, 6.07) is 7.04. The van der Waals surface area contributed by atoms with E-state index >= 15 is 0 Å². The molecule has 1 aromatic carbocycles. The summed E-state index contributed by atoms with van der Waals surface area (Å²) in [5, 5.41) is 5.15. The number of aromatic nitrogens is 1. The second-order valence-electron chi connectivity index (χ2n) is 5.76. The molecule has 1 unspecified atom stereocenters. The van der Waals surface area contributed by atoms with Crippen molar-refractivity contribution >= 4 is 20.8 Å². The number of nitrogens with zero attached hydrogens (tertiary/aromatic N) is 2. The maximum absolute atomic E-state index is 13.0. The highest BCUT2D eigenvalue weighted by atomic mass is 32.2. The highest BCUT2D eigenvalue weighted by Gasteiger charge is 2.29. The van der Waals surface area contributed by atoms with Crippen molar-refractivity contribution in [3.63, 3.8) is 0 Å². The predicted octanol–water partition coefficient (Wildman–Crippen LogP) is 2.00. The summed E-state index contributed by atoms with van der Waals surface area (Å²) in [5.74, 6) is 0. The SMILES string of the molecule is CC1CNCCCCN1S(=O)(=O)c1ccc2cnccc2c1. The summed E-state index contributed by atoms with van der Waals surface area (Å²) in [6.07, 6.45) is 5.31. The number of benzene rings is 1. The Morgan fingerprint density at radius 2 is 2.09 bits per heavy atom. The lowest BCUT2D eigenvalue weighted by atomic mass is 10.2. The fraction of sp³-hybridized carbons (Fsp3) is 0.438. The molecule has 5 nitrogen and oxygen atoms in total. The minimum absolute atomic E-state index is 0.0431. The van der Waals surface area contributed by atoms with Crippen LogP contribution in [0.5, 0.6) is 0 Å². The smallest absolute Gasteiger partial charge is 0.243 e. The second kappa shape index (κ2) is 6.32. The minimum Gasteiger partial charge on any atom is -0.315 e. The summed E-state index contributed by atoms with van der Waals surface area (Å²) in [4.78, 5) is 4.42. The molecule has 22 heavy (non-hydrogen) atoms. The number of hydrogen-bond acceptors (Lipinski definition) is 4. The van der Waals surface area contributed by atoms with E-state index in [9.17, 15) is 8.42 Å². The van der Waals surface area contributed by atoms with E-state index in [2.05, 4.69) is 10.3 Å². The van der Waals surface area contributed by atoms with Crippen molar-refractivity contribution in [2.24, 2.45) is 0 Å². The lowest BCUT2D eigenvalue weighted by Gasteiger charge is -2.30. The van der Waals surface area contributed by atoms with Crippen molar-refractivity contribution in [3.8, 4) is 0 Å². The zero-order valence-electron chi connectivity index (χ0n) is 12.7. The van der Waals surface area contributed by atoms with Crippen molar-refractivity contribution < 1.29 is 8.42 Å². The van der Waals surface area contributed by atoms with E-state index in [1.54, 1.807) is 28.8 Å². The summed E-state index contributed by atoms with van der Waals surface area (Å²) < 4.78 is 27.6. The number of hydrogen-bond donors (Lipinski definition) is 1. The molecular weight excluding hydrogens is 298 g/mol. The number of fused-ring (bicyclic) bond motifs is 1. The first kappa shape index (κ1) is 15.4. The normalized spacial score (nSPS) is 21.4. The van der Waals surface area contributed by atoms with E-state index in [0.717, 1.165) is 30.2 Å². The highest BCUT2D eigenvalue weighted by Crippen LogP contribution is 2.23. The molecule has 0 bridgehead atoms. The van der Waals surface area contributed by atoms with Gasteiger partial charge in [0.15, 0.2) is 0 Å². The lowest BCUT2D eigenvalue weighted by Crippen LogP contribution is -2.46. The maximum atomic E-state index is 13.0. The molecule has 2 aromatic rings. The summed E-state index contributed by atoms with van der Waals surface area (Å²) in [5.41, 5.74) is 0. The van der Waals surface area contributed by atoms with Crippen molar-refractivity contribution in [1.82, 2.24) is 14.6 Å². The van der Waals surface area contributed by atoms with E-state index in [1.807, 2.05) is 19.1 Å². The van der Waals surface area contributed by atoms with Gasteiger partial charge >= 0.3 is 0 Å². The molecule has 1 saturated heterocycles. The first-order chi connectivity index (χ1) is 10.6. The molecule has 1 aliphatic heterocycles. The molecule has 1 N–H and O–H groups in total. The van der Waals surface area contributed by atoms with Crippen LogP contribution in [-0.4, -0.2) is 43.4 Å². The average molecular weight is 319 g/mol. The molecule has 0 amide bonds. The Balaban J connectivity index is 1.98. The monoisotopic (exact) mass is 319 g/mol. The van der Waals surface area contributed by atoms with Gasteiger partial charge in [-0.25, -0.2) is 8.42 Å². The Labute approximate surface area is 131 Å². The van der Waals surface area contributed by atoms with Crippen molar-refractivity contribution in [3.05, 3.63) is 36.7 Å². The minimum atomic E-state index is -3.47. The number of sulfonamides is 1. The van der Waals surface area contributed by atoms with Gasteiger partial charge in [0.25, 0.3) is 0 Å². The first-order valence-corrected chi connectivity index (χ1v) is 9.09. The van der Waals surface area contributed by atoms with Gasteiger partial charge in [-0.1, -0.05) is 6.07 Å². The first-order valence-electron chi connectivity index (χ1n) is 7.65. The Morgan fingerprint density at radius 1 is 1.23 bits per heavy atom. The molecule has 0 spiro atoms. The third kappa shape index (κ3) is 2.99. The number of pyridine rings is 1. The van der Waals surface area contributed by atoms with Crippen LogP contribution < -0.4 is 5.32 Å². The third-order valence-corrected chi connectivity index (χ3v) is 6.14. The van der Waals surface area contributed by atoms with E-state index in [0.29, 0.717) is 18.0 Å². The van der Waals surface area contributed by atoms with Gasteiger partial charge in [0.05, 0.1) is 4.90 Å². The van der Waals surface area contributed by atoms with Crippen LogP contribution in [0.4, 0.5) is 0 Å². The van der Waals surface area contributed by atoms with Crippen LogP contribution in [0, 0.1) is 0 Å². The van der Waals surface area contributed by atoms with Crippen LogP contribution in [0.3, 0.4) is 0 Å². The van der Waals surface area contributed by atoms with E-state index in [1.165, 1.54) is 0 Å². The van der Waals surface area contributed by atoms with E-state index in [-0.39, 0.29) is 6.04 Å². The molecule has 1 atom stereocenters. The van der Waals surface area contributed by atoms with Gasteiger partial charge in [0.2, 0.25) is 10.0 Å². The Morgan fingerprint density at radius 3 is 2.95 bits per heavy atom. The van der Waals surface area contributed by atoms with Crippen LogP contribution in [-0.2, 0) is 10.0 Å². The number of rotatable bonds is 2. The van der Waals surface area contributed by atoms with Gasteiger partial charge < -0.3 is 5.32 Å². The molecule has 0 radical (unpaired) electrons. The standard InChI is InChI=1S/C16H21N3O2S/c1-13-11-17-7-2-3-9-19(13)22(20,21)16-5-4-15-12-18-8-6-14(15)10-16/h4-6,8,10,12-13,17H,2-3,7,9,11H2,1H3. The molecule has 0 saturated carbocycles. The van der Waals surface area contributed by atoms with Gasteiger partial charge in [0.1, 0.15) is 0 Å². The quantitative estimate of drug-likeness (QED) is 0.919. The number of nitrogens with one attached hydrogen (secondary N) is 1. The maximum Gasteiger partial charge on any atom is 0.243 e. The fourth-order valence-corrected chi connectivity index (χ4v) is 4.57. The van der Waals surface area contributed by atoms with Crippen LogP contribution in [0.1, 0.15) is 19.8 Å². The largest absolute Gasteiger partial charge is 0.315 e. The summed E-state index contributed by atoms with van der Waals surface area (Å²) in [6.45, 7) is 4.19. The van der Waals surface area contributed by atoms with Gasteiger partial charge in [-0.15, -0.1) is 0 Å².